The third-order valence-electron chi connectivity index (χ3n) is 3.09. The molecule has 0 amide bonds. The molecule has 2 rings (SSSR count). The Morgan fingerprint density at radius 3 is 2.44 bits per heavy atom. The fourth-order valence-electron chi connectivity index (χ4n) is 2.14. The molecule has 1 aromatic rings. The molecule has 0 spiro atoms. The number of nitrogens with two attached hydrogens (primary N) is 1. The summed E-state index contributed by atoms with van der Waals surface area (Å²) in [5, 5.41) is 1.08. The first-order valence-corrected chi connectivity index (χ1v) is 6.14. The second kappa shape index (κ2) is 4.01. The monoisotopic (exact) mass is 258 g/mol. The van der Waals surface area contributed by atoms with E-state index in [1.165, 1.54) is 6.42 Å². The third kappa shape index (κ3) is 2.23. The Hall–Kier alpha value is -0.600. The van der Waals surface area contributed by atoms with Crippen LogP contribution in [-0.4, -0.2) is 13.1 Å². The standard InChI is InChI=1S/C12H16Cl2N2/c1-12(2)3-4-16(7-12)11-6-9(14)8(13)5-10(11)15/h5-6H,3-4,7,15H2,1-2H3. The normalized spacial score (nSPS) is 19.1. The number of halogens is 2. The summed E-state index contributed by atoms with van der Waals surface area (Å²) in [6, 6.07) is 3.59. The van der Waals surface area contributed by atoms with E-state index in [1.807, 2.05) is 6.07 Å². The molecule has 0 atom stereocenters. The molecule has 1 fully saturated rings. The van der Waals surface area contributed by atoms with E-state index in [0.717, 1.165) is 18.8 Å². The van der Waals surface area contributed by atoms with Crippen molar-refractivity contribution < 1.29 is 0 Å². The number of anilines is 2. The first kappa shape index (κ1) is 11.9. The van der Waals surface area contributed by atoms with Crippen LogP contribution >= 0.6 is 23.2 Å². The summed E-state index contributed by atoms with van der Waals surface area (Å²) in [5.41, 5.74) is 8.02. The number of rotatable bonds is 1. The Labute approximate surface area is 106 Å². The molecule has 1 aromatic carbocycles. The van der Waals surface area contributed by atoms with Crippen LogP contribution in [0, 0.1) is 5.41 Å². The average molecular weight is 259 g/mol. The smallest absolute Gasteiger partial charge is 0.0616 e. The van der Waals surface area contributed by atoms with Gasteiger partial charge in [0.05, 0.1) is 21.4 Å². The molecular weight excluding hydrogens is 243 g/mol. The minimum Gasteiger partial charge on any atom is -0.397 e. The first-order valence-electron chi connectivity index (χ1n) is 5.38. The summed E-state index contributed by atoms with van der Waals surface area (Å²) in [7, 11) is 0. The maximum atomic E-state index is 6.02. The van der Waals surface area contributed by atoms with Crippen molar-refractivity contribution in [1.29, 1.82) is 0 Å². The lowest BCUT2D eigenvalue weighted by Crippen LogP contribution is -2.23. The van der Waals surface area contributed by atoms with Crippen molar-refractivity contribution >= 4 is 34.6 Å². The van der Waals surface area contributed by atoms with Crippen LogP contribution in [0.3, 0.4) is 0 Å². The molecule has 0 bridgehead atoms. The van der Waals surface area contributed by atoms with E-state index in [2.05, 4.69) is 18.7 Å². The zero-order valence-corrected chi connectivity index (χ0v) is 11.1. The molecule has 88 valence electrons. The topological polar surface area (TPSA) is 29.3 Å². The number of hydrogen-bond acceptors (Lipinski definition) is 2. The molecule has 1 heterocycles. The molecule has 16 heavy (non-hydrogen) atoms. The summed E-state index contributed by atoms with van der Waals surface area (Å²) < 4.78 is 0. The van der Waals surface area contributed by atoms with Crippen molar-refractivity contribution in [2.24, 2.45) is 5.41 Å². The molecule has 4 heteroatoms. The van der Waals surface area contributed by atoms with Gasteiger partial charge in [-0.05, 0) is 24.0 Å². The Bertz CT molecular complexity index is 416. The predicted octanol–water partition coefficient (Wildman–Crippen LogP) is 3.81. The molecule has 2 N–H and O–H groups in total. The second-order valence-electron chi connectivity index (χ2n) is 5.16. The summed E-state index contributed by atoms with van der Waals surface area (Å²) in [4.78, 5) is 2.28. The van der Waals surface area contributed by atoms with Gasteiger partial charge >= 0.3 is 0 Å². The van der Waals surface area contributed by atoms with E-state index in [0.29, 0.717) is 21.1 Å². The summed E-state index contributed by atoms with van der Waals surface area (Å²) in [6.45, 7) is 6.56. The molecule has 0 radical (unpaired) electrons. The molecule has 1 aliphatic heterocycles. The molecule has 1 saturated heterocycles. The van der Waals surface area contributed by atoms with Crippen molar-refractivity contribution in [1.82, 2.24) is 0 Å². The van der Waals surface area contributed by atoms with Crippen LogP contribution < -0.4 is 10.6 Å². The van der Waals surface area contributed by atoms with E-state index in [1.54, 1.807) is 6.07 Å². The van der Waals surface area contributed by atoms with Gasteiger partial charge in [0.1, 0.15) is 0 Å². The van der Waals surface area contributed by atoms with E-state index in [4.69, 9.17) is 28.9 Å². The highest BCUT2D eigenvalue weighted by Gasteiger charge is 2.30. The Morgan fingerprint density at radius 1 is 1.25 bits per heavy atom. The van der Waals surface area contributed by atoms with Crippen molar-refractivity contribution in [3.8, 4) is 0 Å². The molecule has 0 saturated carbocycles. The van der Waals surface area contributed by atoms with Gasteiger partial charge < -0.3 is 10.6 Å². The number of benzene rings is 1. The highest BCUT2D eigenvalue weighted by atomic mass is 35.5. The van der Waals surface area contributed by atoms with Gasteiger partial charge in [-0.2, -0.15) is 0 Å². The van der Waals surface area contributed by atoms with Crippen LogP contribution in [0.15, 0.2) is 12.1 Å². The van der Waals surface area contributed by atoms with Gasteiger partial charge in [-0.1, -0.05) is 37.0 Å². The summed E-state index contributed by atoms with van der Waals surface area (Å²) in [5.74, 6) is 0. The van der Waals surface area contributed by atoms with E-state index < -0.39 is 0 Å². The van der Waals surface area contributed by atoms with E-state index in [9.17, 15) is 0 Å². The lowest BCUT2D eigenvalue weighted by Gasteiger charge is -2.23. The van der Waals surface area contributed by atoms with Gasteiger partial charge in [0.15, 0.2) is 0 Å². The summed E-state index contributed by atoms with van der Waals surface area (Å²) in [6.07, 6.45) is 1.17. The highest BCUT2D eigenvalue weighted by Crippen LogP contribution is 2.38. The van der Waals surface area contributed by atoms with E-state index in [-0.39, 0.29) is 0 Å². The Morgan fingerprint density at radius 2 is 1.88 bits per heavy atom. The third-order valence-corrected chi connectivity index (χ3v) is 3.81. The molecular formula is C12H16Cl2N2. The van der Waals surface area contributed by atoms with E-state index >= 15 is 0 Å². The minimum atomic E-state index is 0.346. The van der Waals surface area contributed by atoms with Crippen LogP contribution in [0.1, 0.15) is 20.3 Å². The van der Waals surface area contributed by atoms with Crippen molar-refractivity contribution in [3.63, 3.8) is 0 Å². The summed E-state index contributed by atoms with van der Waals surface area (Å²) >= 11 is 11.9. The first-order chi connectivity index (χ1) is 7.39. The number of hydrogen-bond donors (Lipinski definition) is 1. The van der Waals surface area contributed by atoms with Gasteiger partial charge in [0.2, 0.25) is 0 Å². The fourth-order valence-corrected chi connectivity index (χ4v) is 2.47. The SMILES string of the molecule is CC1(C)CCN(c2cc(Cl)c(Cl)cc2N)C1. The van der Waals surface area contributed by atoms with Gasteiger partial charge in [0.25, 0.3) is 0 Å². The Balaban J connectivity index is 2.32. The zero-order chi connectivity index (χ0) is 11.9. The molecule has 0 aliphatic carbocycles. The average Bonchev–Trinajstić information content (AvgIpc) is 2.52. The van der Waals surface area contributed by atoms with Crippen LogP contribution in [-0.2, 0) is 0 Å². The number of nitrogen functional groups attached to an aromatic ring is 1. The lowest BCUT2D eigenvalue weighted by atomic mass is 9.93. The lowest BCUT2D eigenvalue weighted by molar-refractivity contribution is 0.418. The van der Waals surface area contributed by atoms with Gasteiger partial charge in [-0.3, -0.25) is 0 Å². The highest BCUT2D eigenvalue weighted by molar-refractivity contribution is 6.42. The maximum Gasteiger partial charge on any atom is 0.0616 e. The van der Waals surface area contributed by atoms with Crippen LogP contribution in [0.4, 0.5) is 11.4 Å². The fraction of sp³-hybridized carbons (Fsp3) is 0.500. The van der Waals surface area contributed by atoms with Crippen molar-refractivity contribution in [2.45, 2.75) is 20.3 Å². The molecule has 0 unspecified atom stereocenters. The zero-order valence-electron chi connectivity index (χ0n) is 9.56. The second-order valence-corrected chi connectivity index (χ2v) is 5.98. The maximum absolute atomic E-state index is 6.02. The predicted molar refractivity (Wildman–Crippen MR) is 71.5 cm³/mol. The quantitative estimate of drug-likeness (QED) is 0.777. The van der Waals surface area contributed by atoms with Crippen molar-refractivity contribution in [2.75, 3.05) is 23.7 Å². The Kier molecular flexibility index (Phi) is 2.97. The molecule has 1 aliphatic rings. The van der Waals surface area contributed by atoms with Crippen molar-refractivity contribution in [3.05, 3.63) is 22.2 Å². The molecule has 2 nitrogen and oxygen atoms in total. The van der Waals surface area contributed by atoms with Gasteiger partial charge in [0, 0.05) is 13.1 Å². The molecule has 0 aromatic heterocycles. The van der Waals surface area contributed by atoms with Crippen LogP contribution in [0.2, 0.25) is 10.0 Å². The minimum absolute atomic E-state index is 0.346. The van der Waals surface area contributed by atoms with Crippen LogP contribution in [0.5, 0.6) is 0 Å². The van der Waals surface area contributed by atoms with Gasteiger partial charge in [-0.15, -0.1) is 0 Å². The van der Waals surface area contributed by atoms with Gasteiger partial charge in [-0.25, -0.2) is 0 Å². The number of nitrogens with zero attached hydrogens (tertiary/aromatic N) is 1. The van der Waals surface area contributed by atoms with Crippen LogP contribution in [0.25, 0.3) is 0 Å². The largest absolute Gasteiger partial charge is 0.397 e.